The molecule has 0 radical (unpaired) electrons. The molecule has 19 heteroatoms. The summed E-state index contributed by atoms with van der Waals surface area (Å²) in [4.78, 5) is 61.2. The third-order valence-corrected chi connectivity index (χ3v) is 7.23. The van der Waals surface area contributed by atoms with Crippen LogP contribution < -0.4 is 20.8 Å². The highest BCUT2D eigenvalue weighted by Crippen LogP contribution is 2.56. The minimum Gasteiger partial charge on any atom is -0.756 e. The number of phosphoric ester groups is 1. The van der Waals surface area contributed by atoms with Gasteiger partial charge in [-0.2, -0.15) is 0 Å². The molecule has 17 nitrogen and oxygen atoms in total. The summed E-state index contributed by atoms with van der Waals surface area (Å²) in [5, 5.41) is 11.0. The number of ether oxygens (including phenoxy) is 1. The standard InChI is InChI=1S/C15H24N6O11P2/c1-19(2)9(22)4-7-8(5-30-34(28,29)32-33(25,26)27)31-14(11(7)23)21-6-20(3)10-12(21)17-15(16)18-13(10)24/h6-8,11,14,23H,4-5H2,1-3H3,(H5-,16,17,18,24,25,26,27,28,29)/t7-,8?,11-,14-/m1/s1. The zero-order valence-corrected chi connectivity index (χ0v) is 20.0. The predicted octanol–water partition coefficient (Wildman–Crippen LogP) is -2.92. The van der Waals surface area contributed by atoms with E-state index < -0.39 is 58.1 Å². The third kappa shape index (κ3) is 5.71. The smallest absolute Gasteiger partial charge is 0.478 e. The molecule has 6 N–H and O–H groups in total. The lowest BCUT2D eigenvalue weighted by atomic mass is 9.94. The molecule has 190 valence electrons. The molecular weight excluding hydrogens is 502 g/mol. The van der Waals surface area contributed by atoms with Crippen LogP contribution in [0.1, 0.15) is 12.6 Å². The molecule has 2 aromatic heterocycles. The average Bonchev–Trinajstić information content (AvgIpc) is 3.15. The van der Waals surface area contributed by atoms with Gasteiger partial charge < -0.3 is 35.2 Å². The Morgan fingerprint density at radius 3 is 2.68 bits per heavy atom. The van der Waals surface area contributed by atoms with E-state index in [1.807, 2.05) is 0 Å². The minimum absolute atomic E-state index is 0.0517. The maximum Gasteiger partial charge on any atom is 0.478 e. The number of H-pyrrole nitrogens is 1. The maximum absolute atomic E-state index is 12.3. The molecule has 1 fully saturated rings. The van der Waals surface area contributed by atoms with Crippen molar-refractivity contribution >= 4 is 38.7 Å². The monoisotopic (exact) mass is 526 g/mol. The number of aliphatic hydroxyl groups excluding tert-OH is 1. The predicted molar refractivity (Wildman–Crippen MR) is 109 cm³/mol. The Kier molecular flexibility index (Phi) is 7.34. The highest BCUT2D eigenvalue weighted by atomic mass is 31.3. The number of fused-ring (bicyclic) bond motifs is 1. The van der Waals surface area contributed by atoms with E-state index in [1.165, 1.54) is 41.5 Å². The molecule has 1 saturated heterocycles. The lowest BCUT2D eigenvalue weighted by Gasteiger charge is -2.23. The number of carbonyl (C=O) groups excluding carboxylic acids is 1. The van der Waals surface area contributed by atoms with Crippen molar-refractivity contribution in [3.05, 3.63) is 16.7 Å². The molecule has 0 aromatic carbocycles. The van der Waals surface area contributed by atoms with Crippen LogP contribution in [0.25, 0.3) is 11.2 Å². The van der Waals surface area contributed by atoms with Crippen LogP contribution in [-0.2, 0) is 34.5 Å². The van der Waals surface area contributed by atoms with E-state index in [4.69, 9.17) is 15.4 Å². The summed E-state index contributed by atoms with van der Waals surface area (Å²) in [6.45, 7) is -0.797. The first-order chi connectivity index (χ1) is 15.6. The highest BCUT2D eigenvalue weighted by molar-refractivity contribution is 7.60. The van der Waals surface area contributed by atoms with Crippen LogP contribution in [0.2, 0.25) is 0 Å². The Morgan fingerprint density at radius 1 is 1.44 bits per heavy atom. The number of aryl methyl sites for hydroxylation is 1. The first kappa shape index (κ1) is 26.4. The van der Waals surface area contributed by atoms with Gasteiger partial charge in [-0.1, -0.05) is 4.98 Å². The molecule has 6 atom stereocenters. The lowest BCUT2D eigenvalue weighted by Crippen LogP contribution is -2.45. The number of hydrogen-bond donors (Lipinski definition) is 5. The van der Waals surface area contributed by atoms with Crippen molar-refractivity contribution in [3.63, 3.8) is 0 Å². The fraction of sp³-hybridized carbons (Fsp3) is 0.600. The molecule has 1 aliphatic rings. The van der Waals surface area contributed by atoms with Crippen molar-refractivity contribution in [2.75, 3.05) is 26.4 Å². The number of imidazole rings is 1. The van der Waals surface area contributed by atoms with Crippen LogP contribution in [0, 0.1) is 5.92 Å². The zero-order chi connectivity index (χ0) is 25.6. The molecule has 1 aliphatic heterocycles. The van der Waals surface area contributed by atoms with E-state index in [0.717, 1.165) is 0 Å². The van der Waals surface area contributed by atoms with Gasteiger partial charge in [-0.15, -0.1) is 0 Å². The maximum atomic E-state index is 12.3. The van der Waals surface area contributed by atoms with Crippen LogP contribution in [-0.4, -0.2) is 73.1 Å². The highest BCUT2D eigenvalue weighted by Gasteiger charge is 2.49. The summed E-state index contributed by atoms with van der Waals surface area (Å²) in [5.74, 6) is -1.62. The second kappa shape index (κ2) is 9.45. The molecule has 0 saturated carbocycles. The van der Waals surface area contributed by atoms with Gasteiger partial charge in [-0.3, -0.25) is 28.2 Å². The number of nitrogens with one attached hydrogen (secondary N) is 1. The number of carbonyl (C=O) groups is 1. The van der Waals surface area contributed by atoms with Gasteiger partial charge in [0.15, 0.2) is 6.33 Å². The molecular formula is C15H24N6O11P2. The van der Waals surface area contributed by atoms with Gasteiger partial charge in [0.25, 0.3) is 19.3 Å². The first-order valence-corrected chi connectivity index (χ1v) is 12.6. The van der Waals surface area contributed by atoms with Gasteiger partial charge in [0.1, 0.15) is 6.10 Å². The molecule has 0 bridgehead atoms. The number of phosphoric acid groups is 2. The van der Waals surface area contributed by atoms with Gasteiger partial charge in [-0.05, 0) is 0 Å². The number of aromatic nitrogens is 4. The number of anilines is 1. The third-order valence-electron chi connectivity index (χ3n) is 5.10. The Balaban J connectivity index is 1.95. The fourth-order valence-electron chi connectivity index (χ4n) is 3.60. The molecule has 34 heavy (non-hydrogen) atoms. The van der Waals surface area contributed by atoms with Crippen molar-refractivity contribution in [3.8, 4) is 0 Å². The molecule has 1 amide bonds. The van der Waals surface area contributed by atoms with Crippen molar-refractivity contribution < 1.29 is 51.8 Å². The summed E-state index contributed by atoms with van der Waals surface area (Å²) in [6.07, 6.45) is -2.75. The summed E-state index contributed by atoms with van der Waals surface area (Å²) in [6, 6.07) is 0. The fourth-order valence-corrected chi connectivity index (χ4v) is 5.17. The van der Waals surface area contributed by atoms with Crippen LogP contribution in [0.15, 0.2) is 11.1 Å². The van der Waals surface area contributed by atoms with Crippen LogP contribution in [0.4, 0.5) is 5.95 Å². The van der Waals surface area contributed by atoms with Gasteiger partial charge in [-0.25, -0.2) is 13.4 Å². The summed E-state index contributed by atoms with van der Waals surface area (Å²) < 4.78 is 39.4. The number of amides is 1. The molecule has 0 aliphatic carbocycles. The number of nitrogens with zero attached hydrogens (tertiary/aromatic N) is 4. The SMILES string of the molecule is CN(C)C(=O)C[C@@H]1C(COP(=O)(O)OP(=O)([O-])O)O[C@@H]([n+]2cn(C)c3c(=O)[nH]c(N)nc32)[C@@H]1O. The number of rotatable bonds is 8. The number of nitrogen functional groups attached to an aromatic ring is 1. The molecule has 3 rings (SSSR count). The van der Waals surface area contributed by atoms with Gasteiger partial charge >= 0.3 is 13.5 Å². The van der Waals surface area contributed by atoms with Gasteiger partial charge in [0, 0.05) is 26.4 Å². The zero-order valence-electron chi connectivity index (χ0n) is 18.2. The van der Waals surface area contributed by atoms with Crippen molar-refractivity contribution in [1.82, 2.24) is 19.4 Å². The van der Waals surface area contributed by atoms with Crippen LogP contribution in [0.3, 0.4) is 0 Å². The van der Waals surface area contributed by atoms with Gasteiger partial charge in [0.05, 0.1) is 19.8 Å². The van der Waals surface area contributed by atoms with Crippen molar-refractivity contribution in [2.45, 2.75) is 24.9 Å². The average molecular weight is 526 g/mol. The molecule has 0 spiro atoms. The van der Waals surface area contributed by atoms with E-state index in [9.17, 15) is 33.6 Å². The van der Waals surface area contributed by atoms with Gasteiger partial charge in [0.2, 0.25) is 17.7 Å². The summed E-state index contributed by atoms with van der Waals surface area (Å²) in [7, 11) is -6.38. The Labute approximate surface area is 191 Å². The van der Waals surface area contributed by atoms with Crippen LogP contribution >= 0.6 is 15.6 Å². The summed E-state index contributed by atoms with van der Waals surface area (Å²) in [5.41, 5.74) is 5.23. The van der Waals surface area contributed by atoms with Crippen molar-refractivity contribution in [1.29, 1.82) is 0 Å². The van der Waals surface area contributed by atoms with Crippen LogP contribution in [0.5, 0.6) is 0 Å². The van der Waals surface area contributed by atoms with Crippen molar-refractivity contribution in [2.24, 2.45) is 13.0 Å². The number of aromatic amines is 1. The second-order valence-corrected chi connectivity index (χ2v) is 10.6. The summed E-state index contributed by atoms with van der Waals surface area (Å²) >= 11 is 0. The Hall–Kier alpha value is -2.20. The molecule has 3 heterocycles. The first-order valence-electron chi connectivity index (χ1n) is 9.61. The topological polar surface area (TPSA) is 246 Å². The van der Waals surface area contributed by atoms with E-state index in [1.54, 1.807) is 0 Å². The molecule has 3 unspecified atom stereocenters. The largest absolute Gasteiger partial charge is 0.756 e. The quantitative estimate of drug-likeness (QED) is 0.171. The lowest BCUT2D eigenvalue weighted by molar-refractivity contribution is -0.745. The normalized spacial score (nSPS) is 26.3. The number of aliphatic hydroxyl groups is 1. The number of hydrogen-bond acceptors (Lipinski definition) is 11. The van der Waals surface area contributed by atoms with E-state index in [-0.39, 0.29) is 23.5 Å². The van der Waals surface area contributed by atoms with E-state index in [2.05, 4.69) is 18.8 Å². The Bertz CT molecular complexity index is 1240. The second-order valence-electron chi connectivity index (χ2n) is 7.78. The molecule has 2 aromatic rings. The van der Waals surface area contributed by atoms with E-state index in [0.29, 0.717) is 0 Å². The van der Waals surface area contributed by atoms with E-state index >= 15 is 0 Å². The Morgan fingerprint density at radius 2 is 2.09 bits per heavy atom. The number of nitrogens with two attached hydrogens (primary N) is 1. The minimum atomic E-state index is -5.60.